The van der Waals surface area contributed by atoms with Crippen molar-refractivity contribution >= 4 is 11.7 Å². The third-order valence-corrected chi connectivity index (χ3v) is 4.87. The van der Waals surface area contributed by atoms with E-state index in [2.05, 4.69) is 14.9 Å². The van der Waals surface area contributed by atoms with Gasteiger partial charge in [-0.25, -0.2) is 9.97 Å². The number of nitrogens with zero attached hydrogens (tertiary/aromatic N) is 4. The van der Waals surface area contributed by atoms with E-state index in [-0.39, 0.29) is 17.6 Å². The monoisotopic (exact) mass is 422 g/mol. The van der Waals surface area contributed by atoms with Crippen molar-refractivity contribution in [3.05, 3.63) is 47.4 Å². The van der Waals surface area contributed by atoms with Crippen molar-refractivity contribution in [3.63, 3.8) is 0 Å². The van der Waals surface area contributed by atoms with Gasteiger partial charge >= 0.3 is 6.18 Å². The zero-order valence-corrected chi connectivity index (χ0v) is 17.2. The molecule has 162 valence electrons. The van der Waals surface area contributed by atoms with Crippen molar-refractivity contribution in [2.75, 3.05) is 37.7 Å². The number of amides is 1. The maximum atomic E-state index is 13.0. The van der Waals surface area contributed by atoms with Crippen molar-refractivity contribution in [2.45, 2.75) is 32.9 Å². The molecule has 0 atom stereocenters. The lowest BCUT2D eigenvalue weighted by Gasteiger charge is -2.35. The molecule has 0 spiro atoms. The van der Waals surface area contributed by atoms with Crippen LogP contribution in [0.4, 0.5) is 19.0 Å². The molecule has 1 aromatic carbocycles. The van der Waals surface area contributed by atoms with Gasteiger partial charge in [0.2, 0.25) is 0 Å². The Bertz CT molecular complexity index is 894. The Morgan fingerprint density at radius 2 is 1.80 bits per heavy atom. The molecule has 0 aliphatic carbocycles. The van der Waals surface area contributed by atoms with Crippen molar-refractivity contribution < 1.29 is 22.7 Å². The number of benzene rings is 1. The number of rotatable bonds is 5. The molecule has 6 nitrogen and oxygen atoms in total. The molecule has 1 aliphatic heterocycles. The number of hydrogen-bond donors (Lipinski definition) is 0. The first-order chi connectivity index (χ1) is 14.1. The second-order valence-electron chi connectivity index (χ2n) is 7.53. The lowest BCUT2D eigenvalue weighted by molar-refractivity contribution is -0.141. The first-order valence-corrected chi connectivity index (χ1v) is 9.82. The molecule has 0 saturated carbocycles. The molecule has 1 saturated heterocycles. The number of hydrogen-bond acceptors (Lipinski definition) is 5. The Balaban J connectivity index is 1.58. The van der Waals surface area contributed by atoms with Crippen LogP contribution in [-0.4, -0.2) is 53.6 Å². The van der Waals surface area contributed by atoms with Gasteiger partial charge in [0.05, 0.1) is 5.56 Å². The number of carbonyl (C=O) groups excluding carboxylic acids is 1. The van der Waals surface area contributed by atoms with Crippen LogP contribution in [-0.2, 0) is 11.0 Å². The number of para-hydroxylation sites is 1. The lowest BCUT2D eigenvalue weighted by Crippen LogP contribution is -2.50. The molecule has 0 unspecified atom stereocenters. The second-order valence-corrected chi connectivity index (χ2v) is 7.53. The molecule has 1 aliphatic rings. The van der Waals surface area contributed by atoms with Crippen LogP contribution in [0.1, 0.15) is 36.8 Å². The maximum Gasteiger partial charge on any atom is 0.419 e. The van der Waals surface area contributed by atoms with Gasteiger partial charge in [-0.1, -0.05) is 26.0 Å². The summed E-state index contributed by atoms with van der Waals surface area (Å²) < 4.78 is 44.3. The Hall–Kier alpha value is -2.84. The Morgan fingerprint density at radius 1 is 1.13 bits per heavy atom. The van der Waals surface area contributed by atoms with E-state index in [0.717, 1.165) is 23.4 Å². The average Bonchev–Trinajstić information content (AvgIpc) is 2.71. The number of ether oxygens (including phenoxy) is 1. The zero-order valence-electron chi connectivity index (χ0n) is 17.2. The zero-order chi connectivity index (χ0) is 21.9. The van der Waals surface area contributed by atoms with Crippen molar-refractivity contribution in [1.29, 1.82) is 0 Å². The Morgan fingerprint density at radius 3 is 2.43 bits per heavy atom. The lowest BCUT2D eigenvalue weighted by atomic mass is 10.2. The van der Waals surface area contributed by atoms with Crippen LogP contribution in [0, 0.1) is 6.92 Å². The molecule has 3 rings (SSSR count). The Labute approximate surface area is 173 Å². The first-order valence-electron chi connectivity index (χ1n) is 9.82. The van der Waals surface area contributed by atoms with Crippen LogP contribution in [0.3, 0.4) is 0 Å². The fraction of sp³-hybridized carbons (Fsp3) is 0.476. The molecule has 9 heteroatoms. The third-order valence-electron chi connectivity index (χ3n) is 4.87. The minimum atomic E-state index is -4.53. The molecule has 0 radical (unpaired) electrons. The van der Waals surface area contributed by atoms with E-state index in [1.807, 2.05) is 26.8 Å². The fourth-order valence-corrected chi connectivity index (χ4v) is 3.24. The summed E-state index contributed by atoms with van der Waals surface area (Å²) in [4.78, 5) is 25.2. The highest BCUT2D eigenvalue weighted by Crippen LogP contribution is 2.35. The normalized spacial score (nSPS) is 14.9. The predicted molar refractivity (Wildman–Crippen MR) is 107 cm³/mol. The number of halogens is 3. The van der Waals surface area contributed by atoms with Gasteiger partial charge in [0.1, 0.15) is 17.4 Å². The number of piperazine rings is 1. The summed E-state index contributed by atoms with van der Waals surface area (Å²) in [5, 5.41) is 0. The molecule has 1 aromatic heterocycles. The number of aromatic nitrogens is 2. The van der Waals surface area contributed by atoms with Crippen LogP contribution in [0.2, 0.25) is 0 Å². The van der Waals surface area contributed by atoms with Crippen LogP contribution < -0.4 is 9.64 Å². The second kappa shape index (κ2) is 8.89. The smallest absolute Gasteiger partial charge is 0.419 e. The molecule has 2 aromatic rings. The number of alkyl halides is 3. The molecule has 0 N–H and O–H groups in total. The number of aryl methyl sites for hydroxylation is 1. The molecular weight excluding hydrogens is 397 g/mol. The summed E-state index contributed by atoms with van der Waals surface area (Å²) >= 11 is 0. The van der Waals surface area contributed by atoms with E-state index in [0.29, 0.717) is 26.2 Å². The highest BCUT2D eigenvalue weighted by molar-refractivity contribution is 5.78. The van der Waals surface area contributed by atoms with Crippen LogP contribution in [0.15, 0.2) is 30.3 Å². The van der Waals surface area contributed by atoms with Gasteiger partial charge < -0.3 is 14.5 Å². The van der Waals surface area contributed by atoms with Crippen LogP contribution >= 0.6 is 0 Å². The first kappa shape index (κ1) is 21.9. The molecule has 1 amide bonds. The minimum Gasteiger partial charge on any atom is -0.483 e. The van der Waals surface area contributed by atoms with Gasteiger partial charge in [0.25, 0.3) is 5.91 Å². The van der Waals surface area contributed by atoms with E-state index in [1.165, 1.54) is 18.2 Å². The van der Waals surface area contributed by atoms with Gasteiger partial charge in [0.15, 0.2) is 6.61 Å². The molecule has 30 heavy (non-hydrogen) atoms. The summed E-state index contributed by atoms with van der Waals surface area (Å²) in [6.07, 6.45) is -4.53. The third kappa shape index (κ3) is 5.20. The molecule has 2 heterocycles. The van der Waals surface area contributed by atoms with Crippen molar-refractivity contribution in [2.24, 2.45) is 0 Å². The van der Waals surface area contributed by atoms with Crippen LogP contribution in [0.5, 0.6) is 5.75 Å². The predicted octanol–water partition coefficient (Wildman–Crippen LogP) is 3.65. The highest BCUT2D eigenvalue weighted by Gasteiger charge is 2.34. The molecule has 0 bridgehead atoms. The summed E-state index contributed by atoms with van der Waals surface area (Å²) in [6.45, 7) is 7.62. The van der Waals surface area contributed by atoms with Gasteiger partial charge in [-0.15, -0.1) is 0 Å². The standard InChI is InChI=1S/C21H25F3N4O2/c1-14(2)20-25-15(3)12-18(26-20)27-8-10-28(11-9-27)19(29)13-30-17-7-5-4-6-16(17)21(22,23)24/h4-7,12,14H,8-11,13H2,1-3H3. The molecule has 1 fully saturated rings. The topological polar surface area (TPSA) is 58.6 Å². The minimum absolute atomic E-state index is 0.211. The highest BCUT2D eigenvalue weighted by atomic mass is 19.4. The van der Waals surface area contributed by atoms with E-state index < -0.39 is 18.3 Å². The maximum absolute atomic E-state index is 13.0. The van der Waals surface area contributed by atoms with Gasteiger partial charge in [-0.05, 0) is 19.1 Å². The summed E-state index contributed by atoms with van der Waals surface area (Å²) in [5.74, 6) is 1.14. The number of carbonyl (C=O) groups is 1. The Kier molecular flexibility index (Phi) is 6.48. The summed E-state index contributed by atoms with van der Waals surface area (Å²) in [6, 6.07) is 6.81. The van der Waals surface area contributed by atoms with Crippen molar-refractivity contribution in [3.8, 4) is 5.75 Å². The quantitative estimate of drug-likeness (QED) is 0.736. The van der Waals surface area contributed by atoms with Gasteiger partial charge in [0, 0.05) is 43.9 Å². The van der Waals surface area contributed by atoms with E-state index in [9.17, 15) is 18.0 Å². The number of anilines is 1. The summed E-state index contributed by atoms with van der Waals surface area (Å²) in [7, 11) is 0. The SMILES string of the molecule is Cc1cc(N2CCN(C(=O)COc3ccccc3C(F)(F)F)CC2)nc(C(C)C)n1. The van der Waals surface area contributed by atoms with E-state index in [1.54, 1.807) is 4.90 Å². The fourth-order valence-electron chi connectivity index (χ4n) is 3.24. The van der Waals surface area contributed by atoms with Crippen molar-refractivity contribution in [1.82, 2.24) is 14.9 Å². The van der Waals surface area contributed by atoms with E-state index >= 15 is 0 Å². The average molecular weight is 422 g/mol. The van der Waals surface area contributed by atoms with Gasteiger partial charge in [-0.3, -0.25) is 4.79 Å². The van der Waals surface area contributed by atoms with Gasteiger partial charge in [-0.2, -0.15) is 13.2 Å². The largest absolute Gasteiger partial charge is 0.483 e. The van der Waals surface area contributed by atoms with Crippen LogP contribution in [0.25, 0.3) is 0 Å². The molecular formula is C21H25F3N4O2. The summed E-state index contributed by atoms with van der Waals surface area (Å²) in [5.41, 5.74) is 0.00152. The van der Waals surface area contributed by atoms with E-state index in [4.69, 9.17) is 4.74 Å².